The second kappa shape index (κ2) is 6.21. The number of aryl methyl sites for hydroxylation is 1. The standard InChI is InChI=1S/C14H14BrNO2S/c1-3-9-6-7-19-13(9)14(17)16-11-8-10(15)4-5-12(11)18-2/h4-8H,3H2,1-2H3,(H,16,17). The summed E-state index contributed by atoms with van der Waals surface area (Å²) in [5.41, 5.74) is 1.73. The van der Waals surface area contributed by atoms with E-state index in [0.717, 1.165) is 21.3 Å². The zero-order valence-electron chi connectivity index (χ0n) is 10.7. The minimum Gasteiger partial charge on any atom is -0.495 e. The number of anilines is 1. The molecule has 0 bridgehead atoms. The summed E-state index contributed by atoms with van der Waals surface area (Å²) in [5.74, 6) is 0.550. The molecule has 0 unspecified atom stereocenters. The van der Waals surface area contributed by atoms with Crippen molar-refractivity contribution in [2.45, 2.75) is 13.3 Å². The van der Waals surface area contributed by atoms with Gasteiger partial charge in [0.2, 0.25) is 0 Å². The van der Waals surface area contributed by atoms with Crippen molar-refractivity contribution in [2.24, 2.45) is 0 Å². The van der Waals surface area contributed by atoms with Gasteiger partial charge in [0, 0.05) is 4.47 Å². The van der Waals surface area contributed by atoms with Gasteiger partial charge in [-0.2, -0.15) is 0 Å². The molecule has 0 fully saturated rings. The molecule has 3 nitrogen and oxygen atoms in total. The normalized spacial score (nSPS) is 10.3. The molecule has 1 N–H and O–H groups in total. The van der Waals surface area contributed by atoms with Gasteiger partial charge >= 0.3 is 0 Å². The average Bonchev–Trinajstić information content (AvgIpc) is 2.87. The number of ether oxygens (including phenoxy) is 1. The Morgan fingerprint density at radius 2 is 2.21 bits per heavy atom. The molecule has 0 aliphatic heterocycles. The van der Waals surface area contributed by atoms with Crippen molar-refractivity contribution in [3.63, 3.8) is 0 Å². The molecule has 1 amide bonds. The first-order chi connectivity index (χ1) is 9.15. The van der Waals surface area contributed by atoms with Crippen LogP contribution in [-0.2, 0) is 6.42 Å². The zero-order valence-corrected chi connectivity index (χ0v) is 13.1. The Hall–Kier alpha value is -1.33. The van der Waals surface area contributed by atoms with Crippen molar-refractivity contribution in [1.82, 2.24) is 0 Å². The van der Waals surface area contributed by atoms with E-state index in [9.17, 15) is 4.79 Å². The molecule has 19 heavy (non-hydrogen) atoms. The number of amides is 1. The van der Waals surface area contributed by atoms with Crippen molar-refractivity contribution in [3.05, 3.63) is 44.6 Å². The molecular weight excluding hydrogens is 326 g/mol. The fourth-order valence-electron chi connectivity index (χ4n) is 1.77. The quantitative estimate of drug-likeness (QED) is 0.899. The first kappa shape index (κ1) is 14.1. The fraction of sp³-hybridized carbons (Fsp3) is 0.214. The number of benzene rings is 1. The number of hydrogen-bond donors (Lipinski definition) is 1. The predicted molar refractivity (Wildman–Crippen MR) is 82.3 cm³/mol. The molecule has 1 heterocycles. The Morgan fingerprint density at radius 1 is 1.42 bits per heavy atom. The van der Waals surface area contributed by atoms with Crippen LogP contribution in [-0.4, -0.2) is 13.0 Å². The second-order valence-corrected chi connectivity index (χ2v) is 5.76. The summed E-state index contributed by atoms with van der Waals surface area (Å²) < 4.78 is 6.14. The smallest absolute Gasteiger partial charge is 0.266 e. The van der Waals surface area contributed by atoms with Gasteiger partial charge in [0.15, 0.2) is 0 Å². The highest BCUT2D eigenvalue weighted by molar-refractivity contribution is 9.10. The summed E-state index contributed by atoms with van der Waals surface area (Å²) in [4.78, 5) is 13.0. The molecule has 0 radical (unpaired) electrons. The van der Waals surface area contributed by atoms with Crippen molar-refractivity contribution in [2.75, 3.05) is 12.4 Å². The maximum atomic E-state index is 12.3. The van der Waals surface area contributed by atoms with Gasteiger partial charge in [0.05, 0.1) is 17.7 Å². The number of methoxy groups -OCH3 is 1. The minimum absolute atomic E-state index is 0.0942. The Bertz CT molecular complexity index is 595. The van der Waals surface area contributed by atoms with Gasteiger partial charge in [-0.3, -0.25) is 4.79 Å². The third-order valence-electron chi connectivity index (χ3n) is 2.74. The maximum absolute atomic E-state index is 12.3. The third-order valence-corrected chi connectivity index (χ3v) is 4.19. The Labute approximate surface area is 124 Å². The third kappa shape index (κ3) is 3.16. The number of halogens is 1. The van der Waals surface area contributed by atoms with E-state index in [-0.39, 0.29) is 5.91 Å². The van der Waals surface area contributed by atoms with E-state index in [4.69, 9.17) is 4.74 Å². The molecule has 100 valence electrons. The number of nitrogens with one attached hydrogen (secondary N) is 1. The summed E-state index contributed by atoms with van der Waals surface area (Å²) >= 11 is 4.84. The maximum Gasteiger partial charge on any atom is 0.266 e. The molecule has 1 aromatic heterocycles. The molecule has 0 saturated heterocycles. The highest BCUT2D eigenvalue weighted by Gasteiger charge is 2.14. The largest absolute Gasteiger partial charge is 0.495 e. The van der Waals surface area contributed by atoms with Crippen LogP contribution in [0.1, 0.15) is 22.2 Å². The lowest BCUT2D eigenvalue weighted by molar-refractivity contribution is 0.102. The Morgan fingerprint density at radius 3 is 2.89 bits per heavy atom. The molecule has 0 aliphatic rings. The average molecular weight is 340 g/mol. The molecule has 0 saturated carbocycles. The summed E-state index contributed by atoms with van der Waals surface area (Å²) in [6, 6.07) is 7.50. The van der Waals surface area contributed by atoms with E-state index in [0.29, 0.717) is 11.4 Å². The monoisotopic (exact) mass is 339 g/mol. The first-order valence-electron chi connectivity index (χ1n) is 5.87. The number of thiophene rings is 1. The van der Waals surface area contributed by atoms with Gasteiger partial charge in [-0.25, -0.2) is 0 Å². The molecule has 2 rings (SSSR count). The molecule has 1 aromatic carbocycles. The fourth-order valence-corrected chi connectivity index (χ4v) is 3.02. The first-order valence-corrected chi connectivity index (χ1v) is 7.54. The topological polar surface area (TPSA) is 38.3 Å². The van der Waals surface area contributed by atoms with Gasteiger partial charge < -0.3 is 10.1 Å². The number of hydrogen-bond acceptors (Lipinski definition) is 3. The van der Waals surface area contributed by atoms with Crippen molar-refractivity contribution in [1.29, 1.82) is 0 Å². The number of rotatable bonds is 4. The second-order valence-electron chi connectivity index (χ2n) is 3.93. The molecule has 2 aromatic rings. The zero-order chi connectivity index (χ0) is 13.8. The van der Waals surface area contributed by atoms with Gasteiger partial charge in [-0.05, 0) is 41.6 Å². The van der Waals surface area contributed by atoms with Gasteiger partial charge in [-0.1, -0.05) is 22.9 Å². The highest BCUT2D eigenvalue weighted by atomic mass is 79.9. The lowest BCUT2D eigenvalue weighted by Gasteiger charge is -2.10. The van der Waals surface area contributed by atoms with Crippen LogP contribution in [0.25, 0.3) is 0 Å². The van der Waals surface area contributed by atoms with Gasteiger partial charge in [0.25, 0.3) is 5.91 Å². The van der Waals surface area contributed by atoms with Crippen LogP contribution in [0.4, 0.5) is 5.69 Å². The number of carbonyl (C=O) groups excluding carboxylic acids is 1. The minimum atomic E-state index is -0.0942. The van der Waals surface area contributed by atoms with Gasteiger partial charge in [0.1, 0.15) is 5.75 Å². The van der Waals surface area contributed by atoms with Crippen LogP contribution in [0.2, 0.25) is 0 Å². The molecular formula is C14H14BrNO2S. The van der Waals surface area contributed by atoms with Gasteiger partial charge in [-0.15, -0.1) is 11.3 Å². The van der Waals surface area contributed by atoms with E-state index in [1.54, 1.807) is 7.11 Å². The molecule has 0 aliphatic carbocycles. The van der Waals surface area contributed by atoms with Crippen LogP contribution in [0, 0.1) is 0 Å². The highest BCUT2D eigenvalue weighted by Crippen LogP contribution is 2.29. The van der Waals surface area contributed by atoms with E-state index >= 15 is 0 Å². The van der Waals surface area contributed by atoms with E-state index in [2.05, 4.69) is 21.2 Å². The Kier molecular flexibility index (Phi) is 4.61. The lowest BCUT2D eigenvalue weighted by atomic mass is 10.2. The van der Waals surface area contributed by atoms with Crippen LogP contribution in [0.15, 0.2) is 34.1 Å². The number of carbonyl (C=O) groups is 1. The van der Waals surface area contributed by atoms with Crippen LogP contribution in [0.5, 0.6) is 5.75 Å². The van der Waals surface area contributed by atoms with E-state index in [1.165, 1.54) is 11.3 Å². The van der Waals surface area contributed by atoms with E-state index in [1.807, 2.05) is 36.6 Å². The predicted octanol–water partition coefficient (Wildman–Crippen LogP) is 4.33. The summed E-state index contributed by atoms with van der Waals surface area (Å²) in [6.07, 6.45) is 0.849. The molecule has 0 spiro atoms. The summed E-state index contributed by atoms with van der Waals surface area (Å²) in [5, 5.41) is 4.83. The van der Waals surface area contributed by atoms with Crippen molar-refractivity contribution in [3.8, 4) is 5.75 Å². The van der Waals surface area contributed by atoms with Crippen LogP contribution < -0.4 is 10.1 Å². The van der Waals surface area contributed by atoms with E-state index < -0.39 is 0 Å². The van der Waals surface area contributed by atoms with Crippen LogP contribution in [0.3, 0.4) is 0 Å². The molecule has 5 heteroatoms. The van der Waals surface area contributed by atoms with Crippen molar-refractivity contribution < 1.29 is 9.53 Å². The SMILES string of the molecule is CCc1ccsc1C(=O)Nc1cc(Br)ccc1OC. The lowest BCUT2D eigenvalue weighted by Crippen LogP contribution is -2.12. The summed E-state index contributed by atoms with van der Waals surface area (Å²) in [7, 11) is 1.58. The van der Waals surface area contributed by atoms with Crippen molar-refractivity contribution >= 4 is 38.9 Å². The van der Waals surface area contributed by atoms with Crippen LogP contribution >= 0.6 is 27.3 Å². The Balaban J connectivity index is 2.26. The summed E-state index contributed by atoms with van der Waals surface area (Å²) in [6.45, 7) is 2.04. The molecule has 0 atom stereocenters.